The predicted molar refractivity (Wildman–Crippen MR) is 81.2 cm³/mol. The van der Waals surface area contributed by atoms with Gasteiger partial charge in [0.15, 0.2) is 0 Å². The Morgan fingerprint density at radius 3 is 2.75 bits per heavy atom. The Labute approximate surface area is 138 Å². The molecule has 1 aliphatic heterocycles. The summed E-state index contributed by atoms with van der Waals surface area (Å²) in [5, 5.41) is 0. The molecule has 4 nitrogen and oxygen atoms in total. The summed E-state index contributed by atoms with van der Waals surface area (Å²) in [6.45, 7) is 4.60. The van der Waals surface area contributed by atoms with E-state index in [0.29, 0.717) is 18.8 Å². The van der Waals surface area contributed by atoms with Gasteiger partial charge in [-0.2, -0.15) is 13.2 Å². The predicted octanol–water partition coefficient (Wildman–Crippen LogP) is 3.76. The second-order valence-electron chi connectivity index (χ2n) is 5.36. The standard InChI is InChI=1S/C17H19F3O4/c1-3-22-16(21)7-4-12-8-13(17(18,19)20)5-6-15(12)11(2)23-9-14-10-24-14/h4-8,11,14H,3,9-10H2,1-2H3/b7-4+/t11-,14+/m1/s1. The molecule has 1 heterocycles. The number of epoxide rings is 1. The largest absolute Gasteiger partial charge is 0.463 e. The molecule has 0 saturated carbocycles. The highest BCUT2D eigenvalue weighted by molar-refractivity contribution is 5.87. The second-order valence-corrected chi connectivity index (χ2v) is 5.36. The van der Waals surface area contributed by atoms with Gasteiger partial charge in [0.05, 0.1) is 31.5 Å². The molecule has 0 aliphatic carbocycles. The lowest BCUT2D eigenvalue weighted by Crippen LogP contribution is -2.10. The van der Waals surface area contributed by atoms with E-state index in [1.165, 1.54) is 12.1 Å². The Balaban J connectivity index is 2.24. The molecule has 0 N–H and O–H groups in total. The Morgan fingerprint density at radius 2 is 2.17 bits per heavy atom. The van der Waals surface area contributed by atoms with Crippen LogP contribution in [0.5, 0.6) is 0 Å². The zero-order valence-electron chi connectivity index (χ0n) is 13.4. The van der Waals surface area contributed by atoms with Crippen molar-refractivity contribution in [2.24, 2.45) is 0 Å². The normalized spacial score (nSPS) is 18.6. The number of rotatable bonds is 7. The second kappa shape index (κ2) is 7.81. The summed E-state index contributed by atoms with van der Waals surface area (Å²) in [6, 6.07) is 3.37. The van der Waals surface area contributed by atoms with Crippen molar-refractivity contribution >= 4 is 12.0 Å². The Kier molecular flexibility index (Phi) is 6.01. The number of hydrogen-bond acceptors (Lipinski definition) is 4. The van der Waals surface area contributed by atoms with Crippen molar-refractivity contribution in [2.45, 2.75) is 32.2 Å². The maximum absolute atomic E-state index is 12.9. The first-order valence-corrected chi connectivity index (χ1v) is 7.60. The van der Waals surface area contributed by atoms with E-state index in [-0.39, 0.29) is 18.3 Å². The van der Waals surface area contributed by atoms with Crippen molar-refractivity contribution in [3.63, 3.8) is 0 Å². The molecule has 2 rings (SSSR count). The SMILES string of the molecule is CCOC(=O)/C=C/c1cc(C(F)(F)F)ccc1[C@@H](C)OC[C@H]1CO1. The molecule has 0 bridgehead atoms. The fourth-order valence-electron chi connectivity index (χ4n) is 2.12. The fraction of sp³-hybridized carbons (Fsp3) is 0.471. The number of hydrogen-bond donors (Lipinski definition) is 0. The highest BCUT2D eigenvalue weighted by Gasteiger charge is 2.31. The third-order valence-corrected chi connectivity index (χ3v) is 3.47. The Hall–Kier alpha value is -1.86. The number of benzene rings is 1. The zero-order valence-corrected chi connectivity index (χ0v) is 13.4. The molecule has 24 heavy (non-hydrogen) atoms. The quantitative estimate of drug-likeness (QED) is 0.429. The minimum Gasteiger partial charge on any atom is -0.463 e. The van der Waals surface area contributed by atoms with Crippen molar-refractivity contribution in [1.82, 2.24) is 0 Å². The van der Waals surface area contributed by atoms with Crippen LogP contribution in [0, 0.1) is 0 Å². The van der Waals surface area contributed by atoms with E-state index in [1.807, 2.05) is 0 Å². The Morgan fingerprint density at radius 1 is 1.46 bits per heavy atom. The summed E-state index contributed by atoms with van der Waals surface area (Å²) in [6.07, 6.45) is -2.41. The number of ether oxygens (including phenoxy) is 3. The first-order valence-electron chi connectivity index (χ1n) is 7.60. The first kappa shape index (κ1) is 18.5. The molecule has 1 aromatic rings. The van der Waals surface area contributed by atoms with Gasteiger partial charge >= 0.3 is 12.1 Å². The molecule has 0 unspecified atom stereocenters. The fourth-order valence-corrected chi connectivity index (χ4v) is 2.12. The number of esters is 1. The molecule has 2 atom stereocenters. The maximum atomic E-state index is 12.9. The van der Waals surface area contributed by atoms with Crippen LogP contribution in [0.3, 0.4) is 0 Å². The van der Waals surface area contributed by atoms with Crippen LogP contribution in [0.2, 0.25) is 0 Å². The van der Waals surface area contributed by atoms with Gasteiger partial charge in [-0.1, -0.05) is 6.07 Å². The van der Waals surface area contributed by atoms with Crippen molar-refractivity contribution in [3.8, 4) is 0 Å². The lowest BCUT2D eigenvalue weighted by Gasteiger charge is -2.17. The van der Waals surface area contributed by atoms with Crippen LogP contribution in [0.1, 0.15) is 36.6 Å². The summed E-state index contributed by atoms with van der Waals surface area (Å²) in [5.41, 5.74) is 0.0405. The van der Waals surface area contributed by atoms with Gasteiger partial charge < -0.3 is 14.2 Å². The van der Waals surface area contributed by atoms with Crippen molar-refractivity contribution in [3.05, 3.63) is 41.0 Å². The van der Waals surface area contributed by atoms with Gasteiger partial charge in [-0.05, 0) is 43.2 Å². The van der Waals surface area contributed by atoms with E-state index >= 15 is 0 Å². The number of carbonyl (C=O) groups is 1. The van der Waals surface area contributed by atoms with Gasteiger partial charge in [0.2, 0.25) is 0 Å². The maximum Gasteiger partial charge on any atom is 0.416 e. The topological polar surface area (TPSA) is 48.1 Å². The van der Waals surface area contributed by atoms with E-state index in [9.17, 15) is 18.0 Å². The lowest BCUT2D eigenvalue weighted by molar-refractivity contribution is -0.138. The van der Waals surface area contributed by atoms with Gasteiger partial charge in [0.25, 0.3) is 0 Å². The minimum absolute atomic E-state index is 0.0559. The van der Waals surface area contributed by atoms with Crippen LogP contribution in [0.25, 0.3) is 6.08 Å². The van der Waals surface area contributed by atoms with Gasteiger partial charge in [-0.25, -0.2) is 4.79 Å². The minimum atomic E-state index is -4.46. The molecule has 1 aromatic carbocycles. The molecule has 0 amide bonds. The van der Waals surface area contributed by atoms with E-state index < -0.39 is 23.8 Å². The molecule has 7 heteroatoms. The van der Waals surface area contributed by atoms with Crippen LogP contribution >= 0.6 is 0 Å². The van der Waals surface area contributed by atoms with Crippen molar-refractivity contribution in [2.75, 3.05) is 19.8 Å². The van der Waals surface area contributed by atoms with Gasteiger partial charge in [-0.3, -0.25) is 0 Å². The van der Waals surface area contributed by atoms with Gasteiger partial charge in [-0.15, -0.1) is 0 Å². The summed E-state index contributed by atoms with van der Waals surface area (Å²) < 4.78 is 54.2. The Bertz CT molecular complexity index is 606. The van der Waals surface area contributed by atoms with Crippen molar-refractivity contribution < 1.29 is 32.2 Å². The molecule has 1 fully saturated rings. The average Bonchev–Trinajstić information content (AvgIpc) is 3.34. The molecule has 0 radical (unpaired) electrons. The van der Waals surface area contributed by atoms with Crippen LogP contribution in [-0.4, -0.2) is 31.9 Å². The number of halogens is 3. The van der Waals surface area contributed by atoms with Crippen LogP contribution in [0.4, 0.5) is 13.2 Å². The van der Waals surface area contributed by atoms with E-state index in [2.05, 4.69) is 0 Å². The highest BCUT2D eigenvalue weighted by atomic mass is 19.4. The third-order valence-electron chi connectivity index (χ3n) is 3.47. The van der Waals surface area contributed by atoms with E-state index in [0.717, 1.165) is 18.2 Å². The smallest absolute Gasteiger partial charge is 0.416 e. The number of carbonyl (C=O) groups excluding carboxylic acids is 1. The monoisotopic (exact) mass is 344 g/mol. The first-order chi connectivity index (χ1) is 11.3. The number of alkyl halides is 3. The summed E-state index contributed by atoms with van der Waals surface area (Å²) in [4.78, 5) is 11.4. The molecular formula is C17H19F3O4. The van der Waals surface area contributed by atoms with Crippen LogP contribution < -0.4 is 0 Å². The molecule has 1 aliphatic rings. The van der Waals surface area contributed by atoms with Crippen LogP contribution in [-0.2, 0) is 25.2 Å². The van der Waals surface area contributed by atoms with E-state index in [4.69, 9.17) is 14.2 Å². The summed E-state index contributed by atoms with van der Waals surface area (Å²) in [5.74, 6) is -0.610. The van der Waals surface area contributed by atoms with E-state index in [1.54, 1.807) is 13.8 Å². The molecular weight excluding hydrogens is 325 g/mol. The summed E-state index contributed by atoms with van der Waals surface area (Å²) >= 11 is 0. The molecule has 0 spiro atoms. The highest BCUT2D eigenvalue weighted by Crippen LogP contribution is 2.33. The molecule has 0 aromatic heterocycles. The molecule has 132 valence electrons. The third kappa shape index (κ3) is 5.35. The lowest BCUT2D eigenvalue weighted by atomic mass is 9.99. The average molecular weight is 344 g/mol. The summed E-state index contributed by atoms with van der Waals surface area (Å²) in [7, 11) is 0. The van der Waals surface area contributed by atoms with Crippen LogP contribution in [0.15, 0.2) is 24.3 Å². The van der Waals surface area contributed by atoms with Crippen molar-refractivity contribution in [1.29, 1.82) is 0 Å². The molecule has 1 saturated heterocycles. The zero-order chi connectivity index (χ0) is 17.7. The van der Waals surface area contributed by atoms with Gasteiger partial charge in [0.1, 0.15) is 6.10 Å². The van der Waals surface area contributed by atoms with Gasteiger partial charge in [0, 0.05) is 6.08 Å².